The molecule has 0 spiro atoms. The molecule has 2 heterocycles. The highest BCUT2D eigenvalue weighted by Gasteiger charge is 2.26. The molecule has 1 saturated heterocycles. The molecule has 1 fully saturated rings. The minimum absolute atomic E-state index is 0.113. The Hall–Kier alpha value is -1.71. The van der Waals surface area contributed by atoms with Gasteiger partial charge in [-0.15, -0.1) is 0 Å². The second kappa shape index (κ2) is 11.2. The Balaban J connectivity index is 2.17. The van der Waals surface area contributed by atoms with Crippen LogP contribution in [0.5, 0.6) is 0 Å². The molecule has 1 aliphatic heterocycles. The van der Waals surface area contributed by atoms with Crippen molar-refractivity contribution in [2.75, 3.05) is 34.0 Å². The van der Waals surface area contributed by atoms with Gasteiger partial charge in [-0.3, -0.25) is 0 Å². The number of methoxy groups -OCH3 is 2. The SMILES string of the molecule is COCCCCCn1c(=O)n(CCCCCOC)c(=O)n(CC2CO2)c1=O. The van der Waals surface area contributed by atoms with Gasteiger partial charge < -0.3 is 14.2 Å². The molecule has 1 aromatic heterocycles. The predicted molar refractivity (Wildman–Crippen MR) is 100 cm³/mol. The van der Waals surface area contributed by atoms with Gasteiger partial charge in [0, 0.05) is 40.5 Å². The van der Waals surface area contributed by atoms with E-state index in [1.807, 2.05) is 0 Å². The Morgan fingerprint density at radius 1 is 0.778 bits per heavy atom. The number of nitrogens with zero attached hydrogens (tertiary/aromatic N) is 3. The summed E-state index contributed by atoms with van der Waals surface area (Å²) >= 11 is 0. The predicted octanol–water partition coefficient (Wildman–Crippen LogP) is 0.204. The average Bonchev–Trinajstić information content (AvgIpc) is 3.47. The second-order valence-corrected chi connectivity index (χ2v) is 6.82. The number of aromatic nitrogens is 3. The van der Waals surface area contributed by atoms with Gasteiger partial charge >= 0.3 is 17.1 Å². The highest BCUT2D eigenvalue weighted by molar-refractivity contribution is 4.82. The monoisotopic (exact) mass is 385 g/mol. The molecule has 0 amide bonds. The molecule has 27 heavy (non-hydrogen) atoms. The van der Waals surface area contributed by atoms with E-state index in [-0.39, 0.29) is 12.6 Å². The van der Waals surface area contributed by atoms with Crippen LogP contribution in [0.3, 0.4) is 0 Å². The number of hydrogen-bond donors (Lipinski definition) is 0. The Labute approximate surface area is 158 Å². The lowest BCUT2D eigenvalue weighted by Crippen LogP contribution is -2.55. The molecule has 9 nitrogen and oxygen atoms in total. The van der Waals surface area contributed by atoms with E-state index in [0.717, 1.165) is 30.3 Å². The summed E-state index contributed by atoms with van der Waals surface area (Å²) in [5.41, 5.74) is -1.60. The van der Waals surface area contributed by atoms with Crippen LogP contribution >= 0.6 is 0 Å². The van der Waals surface area contributed by atoms with Gasteiger partial charge in [-0.25, -0.2) is 28.1 Å². The maximum atomic E-state index is 12.7. The zero-order chi connectivity index (χ0) is 19.6. The molecule has 0 saturated carbocycles. The van der Waals surface area contributed by atoms with Crippen LogP contribution in [-0.2, 0) is 33.8 Å². The molecule has 0 radical (unpaired) electrons. The molecule has 1 aliphatic rings. The molecule has 0 aliphatic carbocycles. The molecule has 1 atom stereocenters. The topological polar surface area (TPSA) is 97.0 Å². The standard InChI is InChI=1S/C18H31N3O6/c1-25-11-7-3-5-9-19-16(22)20(10-6-4-8-12-26-2)18(24)21(17(19)23)13-15-14-27-15/h15H,3-14H2,1-2H3. The molecule has 1 unspecified atom stereocenters. The zero-order valence-corrected chi connectivity index (χ0v) is 16.4. The van der Waals surface area contributed by atoms with Crippen LogP contribution in [0.1, 0.15) is 38.5 Å². The molecular weight excluding hydrogens is 354 g/mol. The molecule has 0 N–H and O–H groups in total. The van der Waals surface area contributed by atoms with Gasteiger partial charge in [-0.2, -0.15) is 0 Å². The largest absolute Gasteiger partial charge is 0.385 e. The van der Waals surface area contributed by atoms with Crippen molar-refractivity contribution in [3.05, 3.63) is 31.5 Å². The van der Waals surface area contributed by atoms with Crippen molar-refractivity contribution in [3.8, 4) is 0 Å². The minimum atomic E-state index is -0.539. The highest BCUT2D eigenvalue weighted by Crippen LogP contribution is 2.09. The maximum absolute atomic E-state index is 12.7. The molecule has 1 aromatic rings. The highest BCUT2D eigenvalue weighted by atomic mass is 16.6. The van der Waals surface area contributed by atoms with Crippen molar-refractivity contribution in [1.29, 1.82) is 0 Å². The van der Waals surface area contributed by atoms with E-state index in [2.05, 4.69) is 0 Å². The maximum Gasteiger partial charge on any atom is 0.336 e. The molecule has 2 rings (SSSR count). The second-order valence-electron chi connectivity index (χ2n) is 6.82. The van der Waals surface area contributed by atoms with Crippen molar-refractivity contribution in [2.45, 2.75) is 64.3 Å². The summed E-state index contributed by atoms with van der Waals surface area (Å²) in [4.78, 5) is 38.1. The van der Waals surface area contributed by atoms with Crippen LogP contribution in [-0.4, -0.2) is 53.8 Å². The van der Waals surface area contributed by atoms with E-state index < -0.39 is 17.1 Å². The van der Waals surface area contributed by atoms with Gasteiger partial charge in [0.05, 0.1) is 19.3 Å². The Morgan fingerprint density at radius 2 is 1.22 bits per heavy atom. The molecular formula is C18H31N3O6. The van der Waals surface area contributed by atoms with Gasteiger partial charge in [0.1, 0.15) is 0 Å². The summed E-state index contributed by atoms with van der Waals surface area (Å²) in [5, 5.41) is 0. The lowest BCUT2D eigenvalue weighted by molar-refractivity contribution is 0.191. The smallest absolute Gasteiger partial charge is 0.336 e. The summed E-state index contributed by atoms with van der Waals surface area (Å²) in [6.07, 6.45) is 4.69. The first-order chi connectivity index (χ1) is 13.1. The number of unbranched alkanes of at least 4 members (excludes halogenated alkanes) is 4. The van der Waals surface area contributed by atoms with E-state index in [0.29, 0.717) is 45.8 Å². The number of ether oxygens (including phenoxy) is 3. The van der Waals surface area contributed by atoms with Crippen molar-refractivity contribution >= 4 is 0 Å². The third kappa shape index (κ3) is 6.44. The third-order valence-electron chi connectivity index (χ3n) is 4.63. The summed E-state index contributed by atoms with van der Waals surface area (Å²) in [6.45, 7) is 2.65. The fraction of sp³-hybridized carbons (Fsp3) is 0.833. The minimum Gasteiger partial charge on any atom is -0.385 e. The first-order valence-electron chi connectivity index (χ1n) is 9.64. The van der Waals surface area contributed by atoms with Crippen LogP contribution in [0, 0.1) is 0 Å². The van der Waals surface area contributed by atoms with E-state index in [1.165, 1.54) is 9.13 Å². The van der Waals surface area contributed by atoms with Gasteiger partial charge in [-0.1, -0.05) is 0 Å². The normalized spacial score (nSPS) is 16.0. The van der Waals surface area contributed by atoms with Crippen molar-refractivity contribution in [3.63, 3.8) is 0 Å². The summed E-state index contributed by atoms with van der Waals surface area (Å²) < 4.78 is 18.7. The Morgan fingerprint density at radius 3 is 1.63 bits per heavy atom. The van der Waals surface area contributed by atoms with Gasteiger partial charge in [0.15, 0.2) is 0 Å². The molecule has 0 bridgehead atoms. The molecule has 9 heteroatoms. The van der Waals surface area contributed by atoms with Gasteiger partial charge in [0.2, 0.25) is 0 Å². The summed E-state index contributed by atoms with van der Waals surface area (Å²) in [7, 11) is 3.29. The fourth-order valence-corrected chi connectivity index (χ4v) is 2.98. The van der Waals surface area contributed by atoms with Gasteiger partial charge in [-0.05, 0) is 38.5 Å². The van der Waals surface area contributed by atoms with E-state index in [9.17, 15) is 14.4 Å². The van der Waals surface area contributed by atoms with Crippen molar-refractivity contribution < 1.29 is 14.2 Å². The van der Waals surface area contributed by atoms with Crippen LogP contribution in [0.25, 0.3) is 0 Å². The number of rotatable bonds is 14. The first-order valence-corrected chi connectivity index (χ1v) is 9.64. The molecule has 154 valence electrons. The van der Waals surface area contributed by atoms with Crippen molar-refractivity contribution in [2.24, 2.45) is 0 Å². The zero-order valence-electron chi connectivity index (χ0n) is 16.4. The fourth-order valence-electron chi connectivity index (χ4n) is 2.98. The summed E-state index contributed by atoms with van der Waals surface area (Å²) in [5.74, 6) is 0. The average molecular weight is 385 g/mol. The Kier molecular flexibility index (Phi) is 8.96. The number of hydrogen-bond acceptors (Lipinski definition) is 6. The summed E-state index contributed by atoms with van der Waals surface area (Å²) in [6, 6.07) is 0. The van der Waals surface area contributed by atoms with E-state index in [1.54, 1.807) is 14.2 Å². The quantitative estimate of drug-likeness (QED) is 0.335. The number of epoxide rings is 1. The van der Waals surface area contributed by atoms with Crippen LogP contribution in [0.2, 0.25) is 0 Å². The van der Waals surface area contributed by atoms with E-state index in [4.69, 9.17) is 14.2 Å². The van der Waals surface area contributed by atoms with Crippen molar-refractivity contribution in [1.82, 2.24) is 13.7 Å². The lowest BCUT2D eigenvalue weighted by atomic mass is 10.2. The van der Waals surface area contributed by atoms with Crippen LogP contribution in [0.4, 0.5) is 0 Å². The van der Waals surface area contributed by atoms with Crippen LogP contribution in [0.15, 0.2) is 14.4 Å². The Bertz CT molecular complexity index is 695. The van der Waals surface area contributed by atoms with E-state index >= 15 is 0 Å². The van der Waals surface area contributed by atoms with Gasteiger partial charge in [0.25, 0.3) is 0 Å². The molecule has 0 aromatic carbocycles. The lowest BCUT2D eigenvalue weighted by Gasteiger charge is -2.13. The first kappa shape index (κ1) is 21.6. The third-order valence-corrected chi connectivity index (χ3v) is 4.63. The van der Waals surface area contributed by atoms with Crippen LogP contribution < -0.4 is 17.1 Å².